The maximum Gasteiger partial charge on any atom is 0.328 e. The summed E-state index contributed by atoms with van der Waals surface area (Å²) < 4.78 is 8.94. The molecule has 0 aliphatic heterocycles. The van der Waals surface area contributed by atoms with Gasteiger partial charge in [-0.15, -0.1) is 0 Å². The summed E-state index contributed by atoms with van der Waals surface area (Å²) >= 11 is 6.78. The Kier molecular flexibility index (Phi) is 3.84. The van der Waals surface area contributed by atoms with Gasteiger partial charge in [-0.2, -0.15) is 15.0 Å². The van der Waals surface area contributed by atoms with Gasteiger partial charge in [0.25, 0.3) is 0 Å². The molecule has 9 heteroatoms. The van der Waals surface area contributed by atoms with Crippen molar-refractivity contribution in [1.82, 2.24) is 24.5 Å². The predicted molar refractivity (Wildman–Crippen MR) is 83.3 cm³/mol. The molecule has 0 amide bonds. The quantitative estimate of drug-likeness (QED) is 0.712. The van der Waals surface area contributed by atoms with Gasteiger partial charge < -0.3 is 10.5 Å². The van der Waals surface area contributed by atoms with Crippen LogP contribution in [0.2, 0.25) is 0 Å². The Morgan fingerprint density at radius 3 is 2.71 bits per heavy atom. The molecule has 0 saturated heterocycles. The molecule has 0 aliphatic carbocycles. The van der Waals surface area contributed by atoms with E-state index in [0.29, 0.717) is 11.7 Å². The van der Waals surface area contributed by atoms with Crippen LogP contribution >= 0.6 is 31.9 Å². The molecule has 0 radical (unpaired) electrons. The molecule has 0 spiro atoms. The molecule has 2 N–H and O–H groups in total. The van der Waals surface area contributed by atoms with Crippen LogP contribution in [0.5, 0.6) is 11.8 Å². The number of hydrogen-bond acceptors (Lipinski definition) is 6. The molecule has 21 heavy (non-hydrogen) atoms. The van der Waals surface area contributed by atoms with E-state index in [1.165, 1.54) is 0 Å². The summed E-state index contributed by atoms with van der Waals surface area (Å²) in [5.74, 6) is 0.973. The second-order valence-electron chi connectivity index (χ2n) is 3.92. The fourth-order valence-corrected chi connectivity index (χ4v) is 2.68. The Bertz CT molecular complexity index is 777. The lowest BCUT2D eigenvalue weighted by molar-refractivity contribution is 0.436. The van der Waals surface area contributed by atoms with Gasteiger partial charge in [0.15, 0.2) is 0 Å². The van der Waals surface area contributed by atoms with Crippen LogP contribution in [0.15, 0.2) is 45.9 Å². The van der Waals surface area contributed by atoms with Crippen LogP contribution < -0.4 is 10.5 Å². The number of nitrogens with two attached hydrogens (primary N) is 1. The lowest BCUT2D eigenvalue weighted by atomic mass is 10.3. The average Bonchev–Trinajstić information content (AvgIpc) is 2.95. The van der Waals surface area contributed by atoms with Crippen molar-refractivity contribution in [2.24, 2.45) is 0 Å². The smallest absolute Gasteiger partial charge is 0.328 e. The van der Waals surface area contributed by atoms with Crippen LogP contribution in [0, 0.1) is 0 Å². The molecule has 3 aromatic rings. The fraction of sp³-hybridized carbons (Fsp3) is 0. The van der Waals surface area contributed by atoms with Crippen molar-refractivity contribution in [3.63, 3.8) is 0 Å². The average molecular weight is 412 g/mol. The number of nitrogens with zero attached hydrogens (tertiary/aromatic N) is 5. The van der Waals surface area contributed by atoms with Gasteiger partial charge >= 0.3 is 6.01 Å². The van der Waals surface area contributed by atoms with Crippen molar-refractivity contribution in [3.8, 4) is 17.7 Å². The van der Waals surface area contributed by atoms with Crippen LogP contribution in [0.25, 0.3) is 5.95 Å². The molecule has 0 saturated carbocycles. The van der Waals surface area contributed by atoms with Gasteiger partial charge in [-0.3, -0.25) is 4.57 Å². The Morgan fingerprint density at radius 2 is 2.00 bits per heavy atom. The van der Waals surface area contributed by atoms with Gasteiger partial charge in [-0.25, -0.2) is 4.98 Å². The lowest BCUT2D eigenvalue weighted by Crippen LogP contribution is -2.06. The van der Waals surface area contributed by atoms with Gasteiger partial charge in [0.1, 0.15) is 12.1 Å². The van der Waals surface area contributed by atoms with E-state index in [2.05, 4.69) is 51.8 Å². The first-order chi connectivity index (χ1) is 10.1. The van der Waals surface area contributed by atoms with E-state index in [4.69, 9.17) is 10.5 Å². The second-order valence-corrected chi connectivity index (χ2v) is 5.69. The zero-order chi connectivity index (χ0) is 14.8. The highest BCUT2D eigenvalue weighted by molar-refractivity contribution is 9.11. The number of ether oxygens (including phenoxy) is 1. The first-order valence-corrected chi connectivity index (χ1v) is 7.33. The fourth-order valence-electron chi connectivity index (χ4n) is 1.56. The normalized spacial score (nSPS) is 10.6. The molecule has 0 aliphatic rings. The number of rotatable bonds is 3. The van der Waals surface area contributed by atoms with Crippen LogP contribution in [0.3, 0.4) is 0 Å². The van der Waals surface area contributed by atoms with Crippen molar-refractivity contribution >= 4 is 37.8 Å². The monoisotopic (exact) mass is 410 g/mol. The standard InChI is InChI=1S/C12H8Br2N6O/c13-7-1-2-9(8(14)5-7)21-12-18-10(15)17-11(19-12)20-4-3-16-6-20/h1-6H,(H2,15,17,18,19). The van der Waals surface area contributed by atoms with Crippen LogP contribution in [0.4, 0.5) is 5.95 Å². The molecular weight excluding hydrogens is 404 g/mol. The molecular formula is C12H8Br2N6O. The van der Waals surface area contributed by atoms with Gasteiger partial charge in [-0.05, 0) is 34.1 Å². The largest absolute Gasteiger partial charge is 0.423 e. The molecule has 106 valence electrons. The van der Waals surface area contributed by atoms with E-state index >= 15 is 0 Å². The summed E-state index contributed by atoms with van der Waals surface area (Å²) in [6.07, 6.45) is 4.88. The molecule has 2 aromatic heterocycles. The Balaban J connectivity index is 1.95. The number of benzene rings is 1. The highest BCUT2D eigenvalue weighted by Crippen LogP contribution is 2.30. The number of hydrogen-bond donors (Lipinski definition) is 1. The minimum Gasteiger partial charge on any atom is -0.423 e. The van der Waals surface area contributed by atoms with Crippen molar-refractivity contribution in [1.29, 1.82) is 0 Å². The molecule has 2 heterocycles. The number of aromatic nitrogens is 5. The van der Waals surface area contributed by atoms with Crippen molar-refractivity contribution < 1.29 is 4.74 Å². The summed E-state index contributed by atoms with van der Waals surface area (Å²) in [5, 5.41) is 0. The van der Waals surface area contributed by atoms with E-state index in [9.17, 15) is 0 Å². The van der Waals surface area contributed by atoms with Crippen molar-refractivity contribution in [2.45, 2.75) is 0 Å². The van der Waals surface area contributed by atoms with E-state index in [1.807, 2.05) is 12.1 Å². The summed E-state index contributed by atoms with van der Waals surface area (Å²) in [6.45, 7) is 0. The highest BCUT2D eigenvalue weighted by atomic mass is 79.9. The second kappa shape index (κ2) is 5.78. The number of nitrogen functional groups attached to an aromatic ring is 1. The third-order valence-electron chi connectivity index (χ3n) is 2.45. The minimum atomic E-state index is 0.0666. The van der Waals surface area contributed by atoms with Gasteiger partial charge in [-0.1, -0.05) is 15.9 Å². The van der Waals surface area contributed by atoms with E-state index in [1.54, 1.807) is 29.4 Å². The van der Waals surface area contributed by atoms with Crippen LogP contribution in [0.1, 0.15) is 0 Å². The molecule has 0 atom stereocenters. The first kappa shape index (κ1) is 14.0. The summed E-state index contributed by atoms with van der Waals surface area (Å²) in [6, 6.07) is 5.59. The minimum absolute atomic E-state index is 0.0666. The predicted octanol–water partition coefficient (Wildman–Crippen LogP) is 2.96. The van der Waals surface area contributed by atoms with E-state index in [-0.39, 0.29) is 12.0 Å². The van der Waals surface area contributed by atoms with Crippen molar-refractivity contribution in [3.05, 3.63) is 45.9 Å². The molecule has 0 bridgehead atoms. The van der Waals surface area contributed by atoms with Gasteiger partial charge in [0.2, 0.25) is 11.9 Å². The molecule has 3 rings (SSSR count). The zero-order valence-electron chi connectivity index (χ0n) is 10.4. The van der Waals surface area contributed by atoms with Gasteiger partial charge in [0, 0.05) is 16.9 Å². The summed E-state index contributed by atoms with van der Waals surface area (Å²) in [4.78, 5) is 16.1. The van der Waals surface area contributed by atoms with Crippen LogP contribution in [-0.4, -0.2) is 24.5 Å². The third kappa shape index (κ3) is 3.19. The Labute approximate surface area is 136 Å². The van der Waals surface area contributed by atoms with E-state index < -0.39 is 0 Å². The molecule has 7 nitrogen and oxygen atoms in total. The SMILES string of the molecule is Nc1nc(Oc2ccc(Br)cc2Br)nc(-n2ccnc2)n1. The van der Waals surface area contributed by atoms with Crippen LogP contribution in [-0.2, 0) is 0 Å². The van der Waals surface area contributed by atoms with Crippen molar-refractivity contribution in [2.75, 3.05) is 5.73 Å². The summed E-state index contributed by atoms with van der Waals surface area (Å²) in [7, 11) is 0. The maximum atomic E-state index is 5.69. The highest BCUT2D eigenvalue weighted by Gasteiger charge is 2.10. The topological polar surface area (TPSA) is 91.7 Å². The Hall–Kier alpha value is -2.00. The lowest BCUT2D eigenvalue weighted by Gasteiger charge is -2.08. The molecule has 0 unspecified atom stereocenters. The third-order valence-corrected chi connectivity index (χ3v) is 3.56. The van der Waals surface area contributed by atoms with E-state index in [0.717, 1.165) is 8.95 Å². The summed E-state index contributed by atoms with van der Waals surface area (Å²) in [5.41, 5.74) is 5.69. The zero-order valence-corrected chi connectivity index (χ0v) is 13.6. The maximum absolute atomic E-state index is 5.69. The first-order valence-electron chi connectivity index (χ1n) is 5.74. The number of halogens is 2. The molecule has 1 aromatic carbocycles. The number of anilines is 1. The van der Waals surface area contributed by atoms with Gasteiger partial charge in [0.05, 0.1) is 4.47 Å². The Morgan fingerprint density at radius 1 is 1.14 bits per heavy atom. The molecule has 0 fully saturated rings. The number of imidazole rings is 1.